The summed E-state index contributed by atoms with van der Waals surface area (Å²) in [6.07, 6.45) is 4.43. The smallest absolute Gasteiger partial charge is 0.261 e. The zero-order valence-corrected chi connectivity index (χ0v) is 15.0. The van der Waals surface area contributed by atoms with Crippen LogP contribution < -0.4 is 4.72 Å². The first kappa shape index (κ1) is 19.2. The SMILES string of the molecule is CC/C=C\c1c(CNSc2ccc(C#CC(F)F)cc2)ccnc1C. The molecule has 2 aromatic rings. The van der Waals surface area contributed by atoms with Gasteiger partial charge in [0, 0.05) is 28.9 Å². The van der Waals surface area contributed by atoms with Crippen molar-refractivity contribution in [2.24, 2.45) is 0 Å². The fraction of sp³-hybridized carbons (Fsp3) is 0.250. The number of rotatable bonds is 6. The molecule has 0 saturated carbocycles. The van der Waals surface area contributed by atoms with Crippen LogP contribution in [0.5, 0.6) is 0 Å². The Hall–Kier alpha value is -2.16. The summed E-state index contributed by atoms with van der Waals surface area (Å²) in [6, 6.07) is 9.22. The van der Waals surface area contributed by atoms with Gasteiger partial charge in [0.2, 0.25) is 0 Å². The van der Waals surface area contributed by atoms with Crippen molar-refractivity contribution >= 4 is 18.0 Å². The summed E-state index contributed by atoms with van der Waals surface area (Å²) in [4.78, 5) is 5.35. The maximum absolute atomic E-state index is 12.1. The zero-order valence-electron chi connectivity index (χ0n) is 14.2. The van der Waals surface area contributed by atoms with Gasteiger partial charge in [-0.1, -0.05) is 25.0 Å². The quantitative estimate of drug-likeness (QED) is 0.566. The van der Waals surface area contributed by atoms with Crippen LogP contribution in [0.1, 0.15) is 35.7 Å². The maximum Gasteiger partial charge on any atom is 0.299 e. The first-order chi connectivity index (χ1) is 12.1. The minimum Gasteiger partial charge on any atom is -0.261 e. The van der Waals surface area contributed by atoms with Gasteiger partial charge in [-0.2, -0.15) is 8.78 Å². The Labute approximate surface area is 151 Å². The van der Waals surface area contributed by atoms with Gasteiger partial charge in [-0.25, -0.2) is 0 Å². The molecule has 0 atom stereocenters. The zero-order chi connectivity index (χ0) is 18.1. The highest BCUT2D eigenvalue weighted by Gasteiger charge is 2.04. The van der Waals surface area contributed by atoms with E-state index in [0.717, 1.165) is 22.6 Å². The van der Waals surface area contributed by atoms with E-state index in [9.17, 15) is 8.78 Å². The first-order valence-electron chi connectivity index (χ1n) is 8.00. The van der Waals surface area contributed by atoms with Crippen molar-refractivity contribution in [3.05, 3.63) is 65.0 Å². The van der Waals surface area contributed by atoms with Crippen molar-refractivity contribution in [2.45, 2.75) is 38.1 Å². The van der Waals surface area contributed by atoms with E-state index in [1.54, 1.807) is 12.1 Å². The summed E-state index contributed by atoms with van der Waals surface area (Å²) in [7, 11) is 0. The maximum atomic E-state index is 12.1. The lowest BCUT2D eigenvalue weighted by Gasteiger charge is -2.09. The fourth-order valence-corrected chi connectivity index (χ4v) is 2.86. The minimum absolute atomic E-state index is 0.585. The number of halogens is 2. The lowest BCUT2D eigenvalue weighted by atomic mass is 10.1. The number of nitrogens with one attached hydrogen (secondary N) is 1. The fourth-order valence-electron chi connectivity index (χ4n) is 2.19. The molecule has 25 heavy (non-hydrogen) atoms. The molecule has 0 radical (unpaired) electrons. The molecule has 1 aromatic carbocycles. The highest BCUT2D eigenvalue weighted by Crippen LogP contribution is 2.19. The van der Waals surface area contributed by atoms with Crippen molar-refractivity contribution in [3.63, 3.8) is 0 Å². The van der Waals surface area contributed by atoms with Crippen LogP contribution in [0, 0.1) is 18.8 Å². The summed E-state index contributed by atoms with van der Waals surface area (Å²) in [5, 5.41) is 0. The Morgan fingerprint density at radius 3 is 2.68 bits per heavy atom. The van der Waals surface area contributed by atoms with Crippen LogP contribution in [-0.2, 0) is 6.54 Å². The normalized spacial score (nSPS) is 10.9. The molecule has 1 aromatic heterocycles. The number of allylic oxidation sites excluding steroid dienone is 1. The summed E-state index contributed by atoms with van der Waals surface area (Å²) < 4.78 is 27.5. The largest absolute Gasteiger partial charge is 0.299 e. The van der Waals surface area contributed by atoms with Gasteiger partial charge in [0.1, 0.15) is 0 Å². The molecule has 2 nitrogen and oxygen atoms in total. The monoisotopic (exact) mass is 358 g/mol. The third-order valence-corrected chi connectivity index (χ3v) is 4.23. The van der Waals surface area contributed by atoms with Crippen molar-refractivity contribution < 1.29 is 8.78 Å². The van der Waals surface area contributed by atoms with Gasteiger partial charge < -0.3 is 0 Å². The second-order valence-electron chi connectivity index (χ2n) is 5.30. The number of hydrogen-bond acceptors (Lipinski definition) is 3. The van der Waals surface area contributed by atoms with Crippen LogP contribution in [0.15, 0.2) is 47.5 Å². The average molecular weight is 358 g/mol. The number of pyridine rings is 1. The van der Waals surface area contributed by atoms with Gasteiger partial charge in [-0.15, -0.1) is 0 Å². The van der Waals surface area contributed by atoms with Crippen LogP contribution in [-0.4, -0.2) is 11.4 Å². The molecule has 130 valence electrons. The molecule has 2 rings (SSSR count). The number of benzene rings is 1. The first-order valence-corrected chi connectivity index (χ1v) is 8.82. The van der Waals surface area contributed by atoms with Crippen LogP contribution >= 0.6 is 11.9 Å². The lowest BCUT2D eigenvalue weighted by Crippen LogP contribution is -2.06. The van der Waals surface area contributed by atoms with Crippen LogP contribution in [0.4, 0.5) is 8.78 Å². The highest BCUT2D eigenvalue weighted by molar-refractivity contribution is 7.97. The summed E-state index contributed by atoms with van der Waals surface area (Å²) in [6.45, 7) is 4.81. The Morgan fingerprint density at radius 1 is 1.24 bits per heavy atom. The molecule has 0 aliphatic rings. The third-order valence-electron chi connectivity index (χ3n) is 3.43. The Bertz CT molecular complexity index is 775. The van der Waals surface area contributed by atoms with Crippen LogP contribution in [0.2, 0.25) is 0 Å². The van der Waals surface area contributed by atoms with Gasteiger partial charge in [0.05, 0.1) is 0 Å². The van der Waals surface area contributed by atoms with E-state index in [0.29, 0.717) is 12.1 Å². The lowest BCUT2D eigenvalue weighted by molar-refractivity contribution is 0.215. The molecule has 0 spiro atoms. The second-order valence-corrected chi connectivity index (χ2v) is 6.26. The van der Waals surface area contributed by atoms with Crippen LogP contribution in [0.3, 0.4) is 0 Å². The molecule has 0 amide bonds. The molecule has 0 bridgehead atoms. The number of alkyl halides is 2. The van der Waals surface area contributed by atoms with Gasteiger partial charge in [0.25, 0.3) is 6.43 Å². The molecule has 1 N–H and O–H groups in total. The predicted molar refractivity (Wildman–Crippen MR) is 100 cm³/mol. The van der Waals surface area contributed by atoms with Crippen molar-refractivity contribution in [3.8, 4) is 11.8 Å². The van der Waals surface area contributed by atoms with E-state index in [2.05, 4.69) is 34.7 Å². The molecule has 5 heteroatoms. The predicted octanol–water partition coefficient (Wildman–Crippen LogP) is 5.23. The number of hydrogen-bond donors (Lipinski definition) is 1. The molecule has 0 aliphatic heterocycles. The molecule has 0 aliphatic carbocycles. The summed E-state index contributed by atoms with van der Waals surface area (Å²) in [5.74, 6) is 4.30. The van der Waals surface area contributed by atoms with Gasteiger partial charge >= 0.3 is 0 Å². The number of aromatic nitrogens is 1. The molecular weight excluding hydrogens is 338 g/mol. The van der Waals surface area contributed by atoms with Crippen molar-refractivity contribution in [1.82, 2.24) is 9.71 Å². The third kappa shape index (κ3) is 6.33. The van der Waals surface area contributed by atoms with E-state index in [1.165, 1.54) is 17.5 Å². The standard InChI is InChI=1S/C20H20F2N2S/c1-3-4-5-19-15(2)23-13-12-17(19)14-24-25-18-9-6-16(7-10-18)8-11-20(21)22/h4-7,9-10,12-13,20,24H,3,14H2,1-2H3/b5-4-. The molecule has 0 saturated heterocycles. The molecule has 1 heterocycles. The van der Waals surface area contributed by atoms with E-state index < -0.39 is 6.43 Å². The second kappa shape index (κ2) is 9.97. The van der Waals surface area contributed by atoms with Crippen molar-refractivity contribution in [1.29, 1.82) is 0 Å². The Morgan fingerprint density at radius 2 is 2.00 bits per heavy atom. The van der Waals surface area contributed by atoms with Gasteiger partial charge in [-0.3, -0.25) is 9.71 Å². The minimum atomic E-state index is -2.60. The Kier molecular flexibility index (Phi) is 7.65. The highest BCUT2D eigenvalue weighted by atomic mass is 32.2. The molecular formula is C20H20F2N2S. The summed E-state index contributed by atoms with van der Waals surface area (Å²) in [5.41, 5.74) is 3.93. The molecule has 0 fully saturated rings. The number of aryl methyl sites for hydroxylation is 1. The van der Waals surface area contributed by atoms with E-state index in [-0.39, 0.29) is 0 Å². The summed E-state index contributed by atoms with van der Waals surface area (Å²) >= 11 is 1.50. The average Bonchev–Trinajstić information content (AvgIpc) is 2.60. The van der Waals surface area contributed by atoms with E-state index >= 15 is 0 Å². The van der Waals surface area contributed by atoms with Gasteiger partial charge in [0.15, 0.2) is 0 Å². The number of nitrogens with zero attached hydrogens (tertiary/aromatic N) is 1. The Balaban J connectivity index is 1.96. The molecule has 0 unspecified atom stereocenters. The van der Waals surface area contributed by atoms with E-state index in [1.807, 2.05) is 37.2 Å². The van der Waals surface area contributed by atoms with Gasteiger partial charge in [-0.05, 0) is 72.7 Å². The van der Waals surface area contributed by atoms with E-state index in [4.69, 9.17) is 0 Å². The topological polar surface area (TPSA) is 24.9 Å². The van der Waals surface area contributed by atoms with Crippen LogP contribution in [0.25, 0.3) is 6.08 Å². The van der Waals surface area contributed by atoms with Crippen molar-refractivity contribution in [2.75, 3.05) is 0 Å².